The second-order valence-electron chi connectivity index (χ2n) is 8.90. The minimum Gasteiger partial charge on any atom is -0.489 e. The first-order valence-electron chi connectivity index (χ1n) is 11.6. The van der Waals surface area contributed by atoms with Crippen LogP contribution in [0.25, 0.3) is 10.9 Å². The smallest absolute Gasteiger partial charge is 0.489 e. The van der Waals surface area contributed by atoms with Crippen LogP contribution in [0.5, 0.6) is 5.75 Å². The largest absolute Gasteiger partial charge is 0.535 e. The Morgan fingerprint density at radius 2 is 2.06 bits per heavy atom. The van der Waals surface area contributed by atoms with Crippen molar-refractivity contribution in [3.8, 4) is 5.75 Å². The number of nitrogens with zero attached hydrogens (tertiary/aromatic N) is 3. The minimum atomic E-state index is -0.616. The van der Waals surface area contributed by atoms with Crippen LogP contribution in [-0.4, -0.2) is 38.1 Å². The number of rotatable bonds is 7. The summed E-state index contributed by atoms with van der Waals surface area (Å²) in [5.41, 5.74) is 1.92. The Labute approximate surface area is 189 Å². The topological polar surface area (TPSA) is 79.4 Å². The molecule has 1 aromatic carbocycles. The average molecular weight is 438 g/mol. The number of ether oxygens (including phenoxy) is 1. The number of aromatic nitrogens is 2. The average Bonchev–Trinajstić information content (AvgIpc) is 3.54. The molecule has 2 aromatic rings. The number of benzene rings is 1. The molecule has 32 heavy (non-hydrogen) atoms. The predicted octanol–water partition coefficient (Wildman–Crippen LogP) is 5.71. The highest BCUT2D eigenvalue weighted by atomic mass is 16.5. The highest BCUT2D eigenvalue weighted by Gasteiger charge is 2.34. The molecule has 0 atom stereocenters. The van der Waals surface area contributed by atoms with E-state index in [0.717, 1.165) is 42.5 Å². The number of fused-ring (bicyclic) bond motifs is 1. The second kappa shape index (κ2) is 9.59. The lowest BCUT2D eigenvalue weighted by Crippen LogP contribution is -2.29. The molecule has 7 heteroatoms. The van der Waals surface area contributed by atoms with Gasteiger partial charge in [-0.25, -0.2) is 0 Å². The van der Waals surface area contributed by atoms with Crippen molar-refractivity contribution in [2.45, 2.75) is 58.4 Å². The van der Waals surface area contributed by atoms with Crippen molar-refractivity contribution in [3.05, 3.63) is 43.1 Å². The standard InChI is InChI=1S/C25H32N4O3/c1-4-6-7-23(18-10-11-18)29(31)25(30)26-22-14-19-16-28(20-12-8-17(3)9-13-20)27-21(19)15-24(22)32-5-2/h4,6-7,14-18,20H,1,5,8-13H2,2-3H3,(H-,26,30,31)/p+1/b7-6-,29-23-. The van der Waals surface area contributed by atoms with Gasteiger partial charge in [0.25, 0.3) is 0 Å². The maximum atomic E-state index is 12.8. The van der Waals surface area contributed by atoms with Crippen molar-refractivity contribution >= 4 is 28.3 Å². The molecular formula is C25H33N4O3+. The van der Waals surface area contributed by atoms with Crippen molar-refractivity contribution in [2.24, 2.45) is 11.8 Å². The molecule has 1 aromatic heterocycles. The number of carbonyl (C=O) groups excluding carboxylic acids is 1. The summed E-state index contributed by atoms with van der Waals surface area (Å²) in [6, 6.07) is 3.53. The Hall–Kier alpha value is -3.09. The molecule has 1 heterocycles. The van der Waals surface area contributed by atoms with Crippen LogP contribution in [0, 0.1) is 11.8 Å². The third-order valence-electron chi connectivity index (χ3n) is 6.36. The maximum absolute atomic E-state index is 12.8. The fraction of sp³-hybridized carbons (Fsp3) is 0.480. The molecule has 0 aliphatic heterocycles. The summed E-state index contributed by atoms with van der Waals surface area (Å²) < 4.78 is 8.54. The van der Waals surface area contributed by atoms with Crippen LogP contribution in [-0.2, 0) is 0 Å². The van der Waals surface area contributed by atoms with Gasteiger partial charge in [-0.15, -0.1) is 0 Å². The van der Waals surface area contributed by atoms with Crippen molar-refractivity contribution in [3.63, 3.8) is 0 Å². The highest BCUT2D eigenvalue weighted by Crippen LogP contribution is 2.35. The van der Waals surface area contributed by atoms with Crippen molar-refractivity contribution in [1.29, 1.82) is 0 Å². The first-order chi connectivity index (χ1) is 15.5. The number of hydrogen-bond acceptors (Lipinski definition) is 4. The summed E-state index contributed by atoms with van der Waals surface area (Å²) in [6.45, 7) is 8.32. The van der Waals surface area contributed by atoms with Gasteiger partial charge < -0.3 is 9.94 Å². The van der Waals surface area contributed by atoms with Gasteiger partial charge in [-0.1, -0.05) is 25.7 Å². The Morgan fingerprint density at radius 1 is 1.31 bits per heavy atom. The quantitative estimate of drug-likeness (QED) is 0.145. The van der Waals surface area contributed by atoms with Gasteiger partial charge in [-0.2, -0.15) is 15.2 Å². The van der Waals surface area contributed by atoms with E-state index in [1.165, 1.54) is 12.8 Å². The molecule has 7 nitrogen and oxygen atoms in total. The van der Waals surface area contributed by atoms with Gasteiger partial charge >= 0.3 is 6.03 Å². The Kier molecular flexibility index (Phi) is 6.63. The molecular weight excluding hydrogens is 404 g/mol. The van der Waals surface area contributed by atoms with Gasteiger partial charge in [0.05, 0.1) is 18.2 Å². The number of carbonyl (C=O) groups is 1. The first-order valence-corrected chi connectivity index (χ1v) is 11.6. The van der Waals surface area contributed by atoms with Crippen molar-refractivity contribution in [1.82, 2.24) is 9.78 Å². The summed E-state index contributed by atoms with van der Waals surface area (Å²) >= 11 is 0. The third kappa shape index (κ3) is 4.87. The van der Waals surface area contributed by atoms with E-state index in [-0.39, 0.29) is 5.92 Å². The van der Waals surface area contributed by atoms with Crippen LogP contribution < -0.4 is 10.1 Å². The van der Waals surface area contributed by atoms with Gasteiger partial charge in [0.1, 0.15) is 0 Å². The van der Waals surface area contributed by atoms with E-state index in [2.05, 4.69) is 23.5 Å². The molecule has 0 saturated heterocycles. The fourth-order valence-corrected chi connectivity index (χ4v) is 4.35. The van der Waals surface area contributed by atoms with E-state index in [0.29, 0.717) is 34.5 Å². The highest BCUT2D eigenvalue weighted by molar-refractivity contribution is 6.00. The molecule has 2 N–H and O–H groups in total. The molecule has 2 aliphatic carbocycles. The number of hydrogen-bond donors (Lipinski definition) is 2. The van der Waals surface area contributed by atoms with Gasteiger partial charge in [0.15, 0.2) is 17.1 Å². The summed E-state index contributed by atoms with van der Waals surface area (Å²) in [6.07, 6.45) is 13.7. The molecule has 2 amide bonds. The van der Waals surface area contributed by atoms with Crippen molar-refractivity contribution in [2.75, 3.05) is 11.9 Å². The zero-order chi connectivity index (χ0) is 22.7. The van der Waals surface area contributed by atoms with Crippen LogP contribution in [0.1, 0.15) is 58.4 Å². The van der Waals surface area contributed by atoms with Crippen LogP contribution >= 0.6 is 0 Å². The number of urea groups is 1. The summed E-state index contributed by atoms with van der Waals surface area (Å²) in [5, 5.41) is 19.1. The van der Waals surface area contributed by atoms with Gasteiger partial charge in [0.2, 0.25) is 0 Å². The van der Waals surface area contributed by atoms with E-state index in [1.807, 2.05) is 25.3 Å². The van der Waals surface area contributed by atoms with Gasteiger partial charge in [-0.05, 0) is 68.2 Å². The lowest BCUT2D eigenvalue weighted by Gasteiger charge is -2.26. The molecule has 170 valence electrons. The lowest BCUT2D eigenvalue weighted by atomic mass is 9.87. The van der Waals surface area contributed by atoms with Crippen LogP contribution in [0.15, 0.2) is 43.1 Å². The minimum absolute atomic E-state index is 0.187. The summed E-state index contributed by atoms with van der Waals surface area (Å²) in [4.78, 5) is 12.8. The first kappa shape index (κ1) is 22.1. The third-order valence-corrected chi connectivity index (χ3v) is 6.36. The van der Waals surface area contributed by atoms with E-state index >= 15 is 0 Å². The molecule has 2 aliphatic rings. The number of allylic oxidation sites excluding steroid dienone is 3. The SMILES string of the molecule is C=C/C=C\C(C1CC1)=[N+](\O)C(=O)Nc1cc2cn(C3CCC(C)CC3)nc2cc1OCC. The Balaban J connectivity index is 1.62. The predicted molar refractivity (Wildman–Crippen MR) is 126 cm³/mol. The van der Waals surface area contributed by atoms with E-state index in [1.54, 1.807) is 18.2 Å². The number of amides is 2. The van der Waals surface area contributed by atoms with Gasteiger partial charge in [-0.3, -0.25) is 4.68 Å². The zero-order valence-corrected chi connectivity index (χ0v) is 19.0. The van der Waals surface area contributed by atoms with Crippen LogP contribution in [0.3, 0.4) is 0 Å². The van der Waals surface area contributed by atoms with E-state index in [4.69, 9.17) is 9.84 Å². The molecule has 0 spiro atoms. The van der Waals surface area contributed by atoms with Crippen molar-refractivity contribution < 1.29 is 19.5 Å². The monoisotopic (exact) mass is 437 g/mol. The van der Waals surface area contributed by atoms with E-state index in [9.17, 15) is 10.0 Å². The number of anilines is 1. The molecule has 2 fully saturated rings. The van der Waals surface area contributed by atoms with Gasteiger partial charge in [0, 0.05) is 23.6 Å². The number of nitrogens with one attached hydrogen (secondary N) is 1. The van der Waals surface area contributed by atoms with E-state index < -0.39 is 6.03 Å². The lowest BCUT2D eigenvalue weighted by molar-refractivity contribution is -0.697. The molecule has 2 saturated carbocycles. The second-order valence-corrected chi connectivity index (χ2v) is 8.90. The maximum Gasteiger partial charge on any atom is 0.535 e. The Morgan fingerprint density at radius 3 is 2.72 bits per heavy atom. The molecule has 4 rings (SSSR count). The normalized spacial score (nSPS) is 22.1. The Bertz CT molecular complexity index is 1060. The van der Waals surface area contributed by atoms with Crippen LogP contribution in [0.4, 0.5) is 10.5 Å². The molecule has 0 bridgehead atoms. The molecule has 0 unspecified atom stereocenters. The summed E-state index contributed by atoms with van der Waals surface area (Å²) in [7, 11) is 0. The zero-order valence-electron chi connectivity index (χ0n) is 19.0. The summed E-state index contributed by atoms with van der Waals surface area (Å²) in [5.74, 6) is 1.51. The number of hydroxylamine groups is 1. The fourth-order valence-electron chi connectivity index (χ4n) is 4.35. The van der Waals surface area contributed by atoms with Crippen LogP contribution in [0.2, 0.25) is 0 Å². The molecule has 0 radical (unpaired) electrons.